The van der Waals surface area contributed by atoms with Crippen LogP contribution in [0.25, 0.3) is 10.2 Å². The molecule has 0 spiro atoms. The van der Waals surface area contributed by atoms with E-state index in [0.29, 0.717) is 21.6 Å². The molecule has 2 heterocycles. The van der Waals surface area contributed by atoms with Crippen LogP contribution in [0.2, 0.25) is 0 Å². The molecule has 0 bridgehead atoms. The minimum Gasteiger partial charge on any atom is -0.279 e. The number of nitrogens with zero attached hydrogens (tertiary/aromatic N) is 3. The van der Waals surface area contributed by atoms with E-state index in [4.69, 9.17) is 4.99 Å². The maximum absolute atomic E-state index is 13.1. The van der Waals surface area contributed by atoms with Gasteiger partial charge in [-0.2, -0.15) is 0 Å². The monoisotopic (exact) mass is 359 g/mol. The molecule has 0 unspecified atom stereocenters. The standard InChI is InChI=1S/C21H17N3OS/c1-15-9-11-17(12-10-15)23-21-24(14-16-6-3-2-4-7-16)20(25)18-8-5-13-22-19(18)26-21/h2-13H,14H2,1H3/b23-21-. The van der Waals surface area contributed by atoms with E-state index in [9.17, 15) is 4.79 Å². The Kier molecular flexibility index (Phi) is 4.46. The molecule has 5 heteroatoms. The van der Waals surface area contributed by atoms with Gasteiger partial charge in [-0.25, -0.2) is 9.98 Å². The van der Waals surface area contributed by atoms with Gasteiger partial charge in [0.05, 0.1) is 17.6 Å². The lowest BCUT2D eigenvalue weighted by Crippen LogP contribution is -2.32. The summed E-state index contributed by atoms with van der Waals surface area (Å²) in [5, 5.41) is 0.622. The molecule has 0 fully saturated rings. The minimum atomic E-state index is -0.0680. The van der Waals surface area contributed by atoms with Crippen LogP contribution in [-0.2, 0) is 6.54 Å². The highest BCUT2D eigenvalue weighted by Crippen LogP contribution is 2.14. The number of fused-ring (bicyclic) bond motifs is 1. The number of hydrogen-bond acceptors (Lipinski definition) is 4. The predicted octanol–water partition coefficient (Wildman–Crippen LogP) is 4.05. The molecule has 0 aliphatic rings. The Morgan fingerprint density at radius 1 is 1.00 bits per heavy atom. The zero-order valence-corrected chi connectivity index (χ0v) is 15.1. The predicted molar refractivity (Wildman–Crippen MR) is 106 cm³/mol. The van der Waals surface area contributed by atoms with Gasteiger partial charge >= 0.3 is 0 Å². The highest BCUT2D eigenvalue weighted by Gasteiger charge is 2.08. The van der Waals surface area contributed by atoms with Crippen molar-refractivity contribution in [3.05, 3.63) is 99.2 Å². The molecule has 26 heavy (non-hydrogen) atoms. The average Bonchev–Trinajstić information content (AvgIpc) is 2.67. The first-order chi connectivity index (χ1) is 12.7. The first kappa shape index (κ1) is 16.4. The van der Waals surface area contributed by atoms with Crippen LogP contribution in [0.15, 0.2) is 82.7 Å². The molecular weight excluding hydrogens is 342 g/mol. The van der Waals surface area contributed by atoms with Gasteiger partial charge in [0.25, 0.3) is 5.56 Å². The lowest BCUT2D eigenvalue weighted by molar-refractivity contribution is 0.739. The number of aryl methyl sites for hydroxylation is 1. The Morgan fingerprint density at radius 2 is 1.77 bits per heavy atom. The van der Waals surface area contributed by atoms with Crippen LogP contribution in [0.4, 0.5) is 5.69 Å². The summed E-state index contributed by atoms with van der Waals surface area (Å²) in [6, 6.07) is 21.5. The largest absolute Gasteiger partial charge is 0.279 e. The molecule has 0 atom stereocenters. The van der Waals surface area contributed by atoms with Crippen molar-refractivity contribution in [3.63, 3.8) is 0 Å². The second-order valence-corrected chi connectivity index (χ2v) is 7.02. The third-order valence-corrected chi connectivity index (χ3v) is 5.12. The average molecular weight is 359 g/mol. The summed E-state index contributed by atoms with van der Waals surface area (Å²) in [4.78, 5) is 23.5. The smallest absolute Gasteiger partial charge is 0.263 e. The van der Waals surface area contributed by atoms with Gasteiger partial charge < -0.3 is 0 Å². The van der Waals surface area contributed by atoms with E-state index in [2.05, 4.69) is 4.98 Å². The Hall–Kier alpha value is -3.05. The number of rotatable bonds is 3. The van der Waals surface area contributed by atoms with E-state index in [1.165, 1.54) is 16.9 Å². The topological polar surface area (TPSA) is 47.2 Å². The third kappa shape index (κ3) is 3.34. The number of aromatic nitrogens is 2. The van der Waals surface area contributed by atoms with Crippen molar-refractivity contribution in [2.45, 2.75) is 13.5 Å². The maximum atomic E-state index is 13.1. The lowest BCUT2D eigenvalue weighted by Gasteiger charge is -2.08. The quantitative estimate of drug-likeness (QED) is 0.554. The van der Waals surface area contributed by atoms with E-state index in [1.54, 1.807) is 16.8 Å². The normalized spacial score (nSPS) is 11.8. The molecule has 4 rings (SSSR count). The second-order valence-electron chi connectivity index (χ2n) is 6.07. The van der Waals surface area contributed by atoms with E-state index in [0.717, 1.165) is 11.3 Å². The number of pyridine rings is 1. The zero-order valence-electron chi connectivity index (χ0n) is 14.3. The van der Waals surface area contributed by atoms with Crippen molar-refractivity contribution in [1.82, 2.24) is 9.55 Å². The summed E-state index contributed by atoms with van der Waals surface area (Å²) < 4.78 is 1.73. The first-order valence-electron chi connectivity index (χ1n) is 8.35. The van der Waals surface area contributed by atoms with Crippen LogP contribution in [-0.4, -0.2) is 9.55 Å². The van der Waals surface area contributed by atoms with Crippen molar-refractivity contribution in [2.24, 2.45) is 4.99 Å². The zero-order chi connectivity index (χ0) is 17.9. The Morgan fingerprint density at radius 3 is 2.54 bits per heavy atom. The van der Waals surface area contributed by atoms with Gasteiger partial charge in [-0.15, -0.1) is 0 Å². The fourth-order valence-electron chi connectivity index (χ4n) is 2.73. The van der Waals surface area contributed by atoms with E-state index in [1.807, 2.05) is 67.6 Å². The molecular formula is C21H17N3OS. The van der Waals surface area contributed by atoms with E-state index < -0.39 is 0 Å². The van der Waals surface area contributed by atoms with Crippen molar-refractivity contribution in [2.75, 3.05) is 0 Å². The summed E-state index contributed by atoms with van der Waals surface area (Å²) in [5.74, 6) is 0. The Balaban J connectivity index is 1.96. The molecule has 4 nitrogen and oxygen atoms in total. The molecule has 2 aromatic carbocycles. The third-order valence-electron chi connectivity index (χ3n) is 4.11. The first-order valence-corrected chi connectivity index (χ1v) is 9.16. The molecule has 128 valence electrons. The lowest BCUT2D eigenvalue weighted by atomic mass is 10.2. The highest BCUT2D eigenvalue weighted by atomic mass is 32.1. The molecule has 4 aromatic rings. The van der Waals surface area contributed by atoms with Crippen molar-refractivity contribution in [3.8, 4) is 0 Å². The Labute approximate surface area is 154 Å². The summed E-state index contributed by atoms with van der Waals surface area (Å²) in [5.41, 5.74) is 2.99. The molecule has 0 radical (unpaired) electrons. The highest BCUT2D eigenvalue weighted by molar-refractivity contribution is 7.15. The van der Waals surface area contributed by atoms with E-state index in [-0.39, 0.29) is 5.56 Å². The summed E-state index contributed by atoms with van der Waals surface area (Å²) in [7, 11) is 0. The summed E-state index contributed by atoms with van der Waals surface area (Å²) >= 11 is 1.43. The van der Waals surface area contributed by atoms with E-state index >= 15 is 0 Å². The van der Waals surface area contributed by atoms with Crippen molar-refractivity contribution in [1.29, 1.82) is 0 Å². The van der Waals surface area contributed by atoms with Crippen LogP contribution in [0.3, 0.4) is 0 Å². The SMILES string of the molecule is Cc1ccc(/N=c2\sc3ncccc3c(=O)n2Cc2ccccc2)cc1. The van der Waals surface area contributed by atoms with Gasteiger partial charge in [0.2, 0.25) is 0 Å². The van der Waals surface area contributed by atoms with Gasteiger partial charge in [-0.05, 0) is 36.8 Å². The summed E-state index contributed by atoms with van der Waals surface area (Å²) in [6.45, 7) is 2.52. The second kappa shape index (κ2) is 7.06. The van der Waals surface area contributed by atoms with Crippen LogP contribution in [0, 0.1) is 6.92 Å². The maximum Gasteiger partial charge on any atom is 0.263 e. The molecule has 0 N–H and O–H groups in total. The number of hydrogen-bond donors (Lipinski definition) is 0. The molecule has 2 aromatic heterocycles. The molecule has 0 saturated heterocycles. The fourth-order valence-corrected chi connectivity index (χ4v) is 3.69. The number of benzene rings is 2. The van der Waals surface area contributed by atoms with Crippen LogP contribution < -0.4 is 10.4 Å². The molecule has 0 saturated carbocycles. The molecule has 0 amide bonds. The van der Waals surface area contributed by atoms with Crippen molar-refractivity contribution >= 4 is 27.2 Å². The van der Waals surface area contributed by atoms with Crippen LogP contribution in [0.5, 0.6) is 0 Å². The van der Waals surface area contributed by atoms with Gasteiger partial charge in [-0.1, -0.05) is 59.4 Å². The van der Waals surface area contributed by atoms with Gasteiger partial charge in [0, 0.05) is 6.20 Å². The van der Waals surface area contributed by atoms with Crippen LogP contribution in [0.1, 0.15) is 11.1 Å². The molecule has 0 aliphatic heterocycles. The van der Waals surface area contributed by atoms with Crippen LogP contribution >= 0.6 is 11.3 Å². The Bertz CT molecular complexity index is 1180. The molecule has 0 aliphatic carbocycles. The van der Waals surface area contributed by atoms with Gasteiger partial charge in [0.15, 0.2) is 4.80 Å². The summed E-state index contributed by atoms with van der Waals surface area (Å²) in [6.07, 6.45) is 1.70. The van der Waals surface area contributed by atoms with Gasteiger partial charge in [-0.3, -0.25) is 9.36 Å². The van der Waals surface area contributed by atoms with Crippen molar-refractivity contribution < 1.29 is 0 Å². The minimum absolute atomic E-state index is 0.0680. The van der Waals surface area contributed by atoms with Gasteiger partial charge in [0.1, 0.15) is 4.83 Å². The fraction of sp³-hybridized carbons (Fsp3) is 0.0952.